The van der Waals surface area contributed by atoms with Crippen molar-refractivity contribution in [2.75, 3.05) is 44.0 Å². The molecule has 15 nitrogen and oxygen atoms in total. The highest BCUT2D eigenvalue weighted by Crippen LogP contribution is 2.24. The van der Waals surface area contributed by atoms with Gasteiger partial charge >= 0.3 is 0 Å². The number of benzene rings is 2. The van der Waals surface area contributed by atoms with Gasteiger partial charge in [0, 0.05) is 68.1 Å². The molecule has 19 heteroatoms. The van der Waals surface area contributed by atoms with E-state index in [-0.39, 0.29) is 27.1 Å². The molecule has 0 atom stereocenters. The first kappa shape index (κ1) is 41.7. The molecule has 4 heterocycles. The molecule has 6 aromatic rings. The molecule has 0 radical (unpaired) electrons. The summed E-state index contributed by atoms with van der Waals surface area (Å²) in [4.78, 5) is 23.9. The number of nitrogens with one attached hydrogen (secondary N) is 6. The Bertz CT molecular complexity index is 2310. The van der Waals surface area contributed by atoms with Crippen LogP contribution in [0.2, 0.25) is 10.0 Å². The standard InChI is InChI=1S/C19H22ClFN6O.C18H20ClFN6O2/c1-19(2,3)10-22-9-15-25-16-12(6-7-23-18(16)26-15)17(27-28)24-11-4-5-14(21)13(20)8-11;1-28-9-8-21-6-5-15-24-16-12(4-7-22-18(16)25-15)17(26-27)23-11-2-3-14(20)13(19)10-11/h4-8,22,28H,9-10H2,1-3H3,(H,24,27)(H,23,25,26);2-4,7,10,21,27H,5-6,8-9H2,1H3,(H,23,26)(H,22,24,25). The number of aromatic amines is 2. The van der Waals surface area contributed by atoms with Gasteiger partial charge in [-0.2, -0.15) is 0 Å². The predicted octanol–water partition coefficient (Wildman–Crippen LogP) is 6.91. The molecule has 2 aromatic carbocycles. The van der Waals surface area contributed by atoms with E-state index in [0.717, 1.165) is 31.3 Å². The van der Waals surface area contributed by atoms with Gasteiger partial charge in [-0.3, -0.25) is 0 Å². The number of hydrogen-bond acceptors (Lipinski definition) is 11. The Morgan fingerprint density at radius 2 is 1.29 bits per heavy atom. The van der Waals surface area contributed by atoms with Gasteiger partial charge < -0.3 is 46.4 Å². The van der Waals surface area contributed by atoms with Crippen molar-refractivity contribution in [1.29, 1.82) is 0 Å². The monoisotopic (exact) mass is 810 g/mol. The fourth-order valence-electron chi connectivity index (χ4n) is 5.29. The minimum absolute atomic E-state index is 0.0316. The van der Waals surface area contributed by atoms with Crippen LogP contribution in [0.5, 0.6) is 0 Å². The maximum Gasteiger partial charge on any atom is 0.179 e. The van der Waals surface area contributed by atoms with Gasteiger partial charge in [0.2, 0.25) is 0 Å². The fraction of sp³-hybridized carbons (Fsp3) is 0.297. The Morgan fingerprint density at radius 3 is 1.77 bits per heavy atom. The third-order valence-corrected chi connectivity index (χ3v) is 8.51. The van der Waals surface area contributed by atoms with Crippen LogP contribution in [0.3, 0.4) is 0 Å². The number of ether oxygens (including phenoxy) is 1. The van der Waals surface area contributed by atoms with Crippen molar-refractivity contribution < 1.29 is 23.9 Å². The van der Waals surface area contributed by atoms with Crippen molar-refractivity contribution in [3.05, 3.63) is 105 Å². The first-order chi connectivity index (χ1) is 26.9. The number of aromatic nitrogens is 6. The summed E-state index contributed by atoms with van der Waals surface area (Å²) in [7, 11) is 1.66. The van der Waals surface area contributed by atoms with Crippen LogP contribution in [-0.2, 0) is 17.7 Å². The SMILES string of the molecule is CC(C)(C)CNCc1nc2nccc(/C(=N/O)Nc3ccc(F)c(Cl)c3)c2[nH]1.COCCNCCc1nc2nccc(/C(=N\O)Nc3ccc(F)c(Cl)c3)c2[nH]1. The molecule has 0 aliphatic carbocycles. The third-order valence-electron chi connectivity index (χ3n) is 7.93. The highest BCUT2D eigenvalue weighted by atomic mass is 35.5. The van der Waals surface area contributed by atoms with E-state index in [1.54, 1.807) is 31.6 Å². The van der Waals surface area contributed by atoms with Gasteiger partial charge in [-0.15, -0.1) is 0 Å². The van der Waals surface area contributed by atoms with Gasteiger partial charge in [-0.05, 0) is 53.9 Å². The van der Waals surface area contributed by atoms with E-state index in [4.69, 9.17) is 27.9 Å². The lowest BCUT2D eigenvalue weighted by atomic mass is 9.97. The number of halogens is 4. The Labute approximate surface area is 331 Å². The number of hydrogen-bond donors (Lipinski definition) is 8. The summed E-state index contributed by atoms with van der Waals surface area (Å²) < 4.78 is 31.7. The molecule has 8 N–H and O–H groups in total. The summed E-state index contributed by atoms with van der Waals surface area (Å²) in [5, 5.41) is 38.1. The molecular formula is C37H42Cl2F2N12O3. The minimum atomic E-state index is -0.529. The largest absolute Gasteiger partial charge is 0.409 e. The number of oxime groups is 2. The number of nitrogens with zero attached hydrogens (tertiary/aromatic N) is 6. The van der Waals surface area contributed by atoms with Gasteiger partial charge in [-0.25, -0.2) is 28.7 Å². The second-order valence-electron chi connectivity index (χ2n) is 13.5. The molecule has 296 valence electrons. The Balaban J connectivity index is 0.000000214. The van der Waals surface area contributed by atoms with Crippen molar-refractivity contribution in [2.24, 2.45) is 15.7 Å². The van der Waals surface area contributed by atoms with E-state index in [2.05, 4.69) is 82.3 Å². The van der Waals surface area contributed by atoms with Crippen LogP contribution < -0.4 is 21.3 Å². The number of H-pyrrole nitrogens is 2. The highest BCUT2D eigenvalue weighted by molar-refractivity contribution is 6.31. The molecule has 0 amide bonds. The number of anilines is 2. The number of pyridine rings is 2. The molecule has 0 saturated carbocycles. The van der Waals surface area contributed by atoms with E-state index in [9.17, 15) is 19.2 Å². The van der Waals surface area contributed by atoms with Crippen molar-refractivity contribution >= 4 is 68.6 Å². The summed E-state index contributed by atoms with van der Waals surface area (Å²) >= 11 is 11.6. The van der Waals surface area contributed by atoms with E-state index in [1.165, 1.54) is 36.4 Å². The maximum absolute atomic E-state index is 13.4. The normalized spacial score (nSPS) is 12.2. The summed E-state index contributed by atoms with van der Waals surface area (Å²) in [5.74, 6) is 0.736. The molecule has 4 aromatic heterocycles. The molecule has 56 heavy (non-hydrogen) atoms. The number of rotatable bonds is 13. The van der Waals surface area contributed by atoms with Crippen molar-refractivity contribution in [1.82, 2.24) is 40.5 Å². The molecule has 0 aliphatic heterocycles. The Hall–Kier alpha value is -5.46. The van der Waals surface area contributed by atoms with Crippen LogP contribution in [0.25, 0.3) is 22.3 Å². The first-order valence-electron chi connectivity index (χ1n) is 17.4. The molecule has 6 rings (SSSR count). The summed E-state index contributed by atoms with van der Waals surface area (Å²) in [6, 6.07) is 11.7. The van der Waals surface area contributed by atoms with Gasteiger partial charge in [0.15, 0.2) is 23.0 Å². The molecular weight excluding hydrogens is 769 g/mol. The zero-order chi connectivity index (χ0) is 40.2. The fourth-order valence-corrected chi connectivity index (χ4v) is 5.65. The van der Waals surface area contributed by atoms with Crippen LogP contribution in [0, 0.1) is 17.0 Å². The second-order valence-corrected chi connectivity index (χ2v) is 14.4. The van der Waals surface area contributed by atoms with Gasteiger partial charge in [0.1, 0.15) is 23.3 Å². The Morgan fingerprint density at radius 1 is 0.768 bits per heavy atom. The van der Waals surface area contributed by atoms with Crippen LogP contribution in [0.1, 0.15) is 43.5 Å². The first-order valence-corrected chi connectivity index (χ1v) is 18.1. The van der Waals surface area contributed by atoms with Crippen molar-refractivity contribution in [3.63, 3.8) is 0 Å². The molecule has 0 spiro atoms. The molecule has 0 bridgehead atoms. The van der Waals surface area contributed by atoms with Crippen LogP contribution >= 0.6 is 23.2 Å². The van der Waals surface area contributed by atoms with E-state index < -0.39 is 11.6 Å². The topological polar surface area (TPSA) is 206 Å². The Kier molecular flexibility index (Phi) is 14.5. The average Bonchev–Trinajstić information content (AvgIpc) is 3.79. The van der Waals surface area contributed by atoms with Gasteiger partial charge in [0.25, 0.3) is 0 Å². The van der Waals surface area contributed by atoms with Gasteiger partial charge in [-0.1, -0.05) is 54.3 Å². The average molecular weight is 812 g/mol. The second kappa shape index (κ2) is 19.4. The van der Waals surface area contributed by atoms with E-state index in [0.29, 0.717) is 64.4 Å². The number of imidazole rings is 2. The summed E-state index contributed by atoms with van der Waals surface area (Å²) in [6.07, 6.45) is 3.82. The minimum Gasteiger partial charge on any atom is -0.409 e. The lowest BCUT2D eigenvalue weighted by Crippen LogP contribution is -2.26. The zero-order valence-corrected chi connectivity index (χ0v) is 32.5. The smallest absolute Gasteiger partial charge is 0.179 e. The van der Waals surface area contributed by atoms with E-state index >= 15 is 0 Å². The van der Waals surface area contributed by atoms with Gasteiger partial charge in [0.05, 0.1) is 34.2 Å². The lowest BCUT2D eigenvalue weighted by molar-refractivity contribution is 0.199. The van der Waals surface area contributed by atoms with Crippen LogP contribution in [0.4, 0.5) is 20.2 Å². The lowest BCUT2D eigenvalue weighted by Gasteiger charge is -2.18. The highest BCUT2D eigenvalue weighted by Gasteiger charge is 2.17. The molecule has 0 fully saturated rings. The van der Waals surface area contributed by atoms with E-state index in [1.807, 2.05) is 0 Å². The molecule has 0 saturated heterocycles. The summed E-state index contributed by atoms with van der Waals surface area (Å²) in [6.45, 7) is 9.96. The number of amidine groups is 2. The quantitative estimate of drug-likeness (QED) is 0.0198. The van der Waals surface area contributed by atoms with Crippen molar-refractivity contribution in [3.8, 4) is 0 Å². The molecule has 0 aliphatic rings. The third kappa shape index (κ3) is 11.3. The maximum atomic E-state index is 13.4. The molecule has 0 unspecified atom stereocenters. The zero-order valence-electron chi connectivity index (χ0n) is 31.0. The van der Waals surface area contributed by atoms with Crippen molar-refractivity contribution in [2.45, 2.75) is 33.7 Å². The number of fused-ring (bicyclic) bond motifs is 2. The van der Waals surface area contributed by atoms with Crippen LogP contribution in [-0.4, -0.2) is 85.3 Å². The summed E-state index contributed by atoms with van der Waals surface area (Å²) in [5.41, 5.74) is 4.52. The predicted molar refractivity (Wildman–Crippen MR) is 214 cm³/mol. The van der Waals surface area contributed by atoms with Crippen LogP contribution in [0.15, 0.2) is 71.2 Å². The number of methoxy groups -OCH3 is 1.